The van der Waals surface area contributed by atoms with Gasteiger partial charge in [-0.05, 0) is 35.0 Å². The van der Waals surface area contributed by atoms with E-state index >= 15 is 0 Å². The smallest absolute Gasteiger partial charge is 0.159 e. The molecule has 0 atom stereocenters. The van der Waals surface area contributed by atoms with E-state index in [1.807, 2.05) is 42.5 Å². The van der Waals surface area contributed by atoms with E-state index in [0.29, 0.717) is 33.4 Å². The highest BCUT2D eigenvalue weighted by Crippen LogP contribution is 2.44. The van der Waals surface area contributed by atoms with Crippen LogP contribution in [0.5, 0.6) is 5.75 Å². The van der Waals surface area contributed by atoms with Crippen LogP contribution in [0.25, 0.3) is 21.5 Å². The summed E-state index contributed by atoms with van der Waals surface area (Å²) in [5.74, 6) is -0.200. The van der Waals surface area contributed by atoms with E-state index in [2.05, 4.69) is 29.0 Å². The molecule has 158 valence electrons. The fraction of sp³-hybridized carbons (Fsp3) is 0. The summed E-state index contributed by atoms with van der Waals surface area (Å²) in [5, 5.41) is 46.7. The maximum absolute atomic E-state index is 10.7. The molecule has 0 saturated heterocycles. The van der Waals surface area contributed by atoms with Gasteiger partial charge >= 0.3 is 0 Å². The number of rotatable bonds is 8. The predicted molar refractivity (Wildman–Crippen MR) is 115 cm³/mol. The second-order valence-electron chi connectivity index (χ2n) is 6.10. The van der Waals surface area contributed by atoms with Crippen molar-refractivity contribution in [3.63, 3.8) is 0 Å². The van der Waals surface area contributed by atoms with Crippen LogP contribution in [0.4, 0.5) is 11.4 Å². The first-order chi connectivity index (χ1) is 15.2. The molecule has 9 nitrogen and oxygen atoms in total. The summed E-state index contributed by atoms with van der Waals surface area (Å²) in [5.41, 5.74) is 0.838. The second kappa shape index (κ2) is 10.0. The maximum Gasteiger partial charge on any atom is 0.159 e. The highest BCUT2D eigenvalue weighted by atomic mass is 32.2. The third kappa shape index (κ3) is 4.79. The van der Waals surface area contributed by atoms with Gasteiger partial charge in [0.05, 0.1) is 34.7 Å². The molecule has 0 aliphatic heterocycles. The number of phenols is 1. The SMILES string of the molecule is OOOSc1ccc2c(N=Nc3cccc4ccccc34)c(O)c(SOOO)cc2c1. The Hall–Kier alpha value is -2.74. The van der Waals surface area contributed by atoms with E-state index in [-0.39, 0.29) is 16.3 Å². The number of nitrogens with zero attached hydrogens (tertiary/aromatic N) is 2. The molecule has 0 aliphatic rings. The monoisotopic (exact) mass is 458 g/mol. The van der Waals surface area contributed by atoms with E-state index in [1.54, 1.807) is 24.3 Å². The number of benzene rings is 4. The van der Waals surface area contributed by atoms with Crippen molar-refractivity contribution >= 4 is 57.0 Å². The molecule has 3 N–H and O–H groups in total. The fourth-order valence-electron chi connectivity index (χ4n) is 3.05. The molecule has 0 fully saturated rings. The first-order valence-corrected chi connectivity index (χ1v) is 10.2. The molecule has 4 aromatic rings. The third-order valence-electron chi connectivity index (χ3n) is 4.36. The Morgan fingerprint density at radius 2 is 1.48 bits per heavy atom. The topological polar surface area (TPSA) is 122 Å². The first kappa shape index (κ1) is 21.5. The highest BCUT2D eigenvalue weighted by molar-refractivity contribution is 7.94. The summed E-state index contributed by atoms with van der Waals surface area (Å²) in [6.45, 7) is 0. The van der Waals surface area contributed by atoms with E-state index < -0.39 is 0 Å². The van der Waals surface area contributed by atoms with Gasteiger partial charge in [-0.3, -0.25) is 0 Å². The van der Waals surface area contributed by atoms with Crippen LogP contribution < -0.4 is 0 Å². The zero-order valence-corrected chi connectivity index (χ0v) is 17.2. The minimum Gasteiger partial charge on any atom is -0.504 e. The Kier molecular flexibility index (Phi) is 6.96. The number of hydrogen-bond acceptors (Lipinski definition) is 11. The van der Waals surface area contributed by atoms with Gasteiger partial charge in [-0.15, -0.1) is 18.9 Å². The number of hydrogen-bond donors (Lipinski definition) is 3. The van der Waals surface area contributed by atoms with Crippen molar-refractivity contribution in [2.45, 2.75) is 9.79 Å². The lowest BCUT2D eigenvalue weighted by Gasteiger charge is -2.10. The largest absolute Gasteiger partial charge is 0.504 e. The predicted octanol–water partition coefficient (Wildman–Crippen LogP) is 6.97. The van der Waals surface area contributed by atoms with E-state index in [0.717, 1.165) is 22.8 Å². The summed E-state index contributed by atoms with van der Waals surface area (Å²) in [6.07, 6.45) is 0. The van der Waals surface area contributed by atoms with Crippen LogP contribution in [-0.4, -0.2) is 15.6 Å². The molecule has 0 saturated carbocycles. The quantitative estimate of drug-likeness (QED) is 0.111. The molecule has 0 aromatic heterocycles. The molecule has 31 heavy (non-hydrogen) atoms. The van der Waals surface area contributed by atoms with Crippen LogP contribution in [0.3, 0.4) is 0 Å². The van der Waals surface area contributed by atoms with Crippen molar-refractivity contribution in [3.05, 3.63) is 66.7 Å². The van der Waals surface area contributed by atoms with Crippen molar-refractivity contribution in [1.82, 2.24) is 0 Å². The van der Waals surface area contributed by atoms with Crippen molar-refractivity contribution in [1.29, 1.82) is 0 Å². The zero-order valence-electron chi connectivity index (χ0n) is 15.5. The van der Waals surface area contributed by atoms with Crippen molar-refractivity contribution in [2.24, 2.45) is 10.2 Å². The molecule has 0 heterocycles. The Balaban J connectivity index is 1.82. The van der Waals surface area contributed by atoms with Crippen molar-refractivity contribution < 1.29 is 34.4 Å². The molecule has 4 rings (SSSR count). The average Bonchev–Trinajstić information content (AvgIpc) is 2.81. The highest BCUT2D eigenvalue weighted by Gasteiger charge is 2.16. The van der Waals surface area contributed by atoms with Crippen LogP contribution in [-0.2, 0) is 18.7 Å². The van der Waals surface area contributed by atoms with Gasteiger partial charge in [0.15, 0.2) is 5.75 Å². The van der Waals surface area contributed by atoms with Gasteiger partial charge in [0, 0.05) is 15.7 Å². The zero-order chi connectivity index (χ0) is 21.6. The number of azo groups is 1. The molecular formula is C20H14N2O7S2. The van der Waals surface area contributed by atoms with E-state index in [4.69, 9.17) is 10.5 Å². The van der Waals surface area contributed by atoms with Crippen LogP contribution in [0.1, 0.15) is 0 Å². The lowest BCUT2D eigenvalue weighted by atomic mass is 10.1. The molecule has 11 heteroatoms. The Labute approximate surface area is 184 Å². The van der Waals surface area contributed by atoms with Crippen molar-refractivity contribution in [3.8, 4) is 5.75 Å². The minimum absolute atomic E-state index is 0.199. The minimum atomic E-state index is -0.200. The first-order valence-electron chi connectivity index (χ1n) is 8.70. The van der Waals surface area contributed by atoms with E-state index in [9.17, 15) is 5.11 Å². The van der Waals surface area contributed by atoms with Crippen LogP contribution in [0, 0.1) is 0 Å². The van der Waals surface area contributed by atoms with Gasteiger partial charge in [0.25, 0.3) is 0 Å². The molecule has 0 unspecified atom stereocenters. The number of phenolic OH excluding ortho intramolecular Hbond substituents is 1. The molecule has 0 radical (unpaired) electrons. The van der Waals surface area contributed by atoms with Crippen LogP contribution >= 0.6 is 24.1 Å². The standard InChI is InChI=1S/C20H14N2O7S2/c23-20-18(31-29-27-25)11-13-10-14(30-28-26-24)8-9-16(13)19(20)22-21-17-7-3-5-12-4-1-2-6-15(12)17/h1-11,23-25H. The molecule has 0 amide bonds. The normalized spacial score (nSPS) is 11.7. The summed E-state index contributed by atoms with van der Waals surface area (Å²) in [4.78, 5) is 0.842. The second-order valence-corrected chi connectivity index (χ2v) is 7.62. The van der Waals surface area contributed by atoms with E-state index in [1.165, 1.54) is 0 Å². The van der Waals surface area contributed by atoms with Gasteiger partial charge in [-0.1, -0.05) is 52.5 Å². The molecule has 0 bridgehead atoms. The van der Waals surface area contributed by atoms with Gasteiger partial charge < -0.3 is 5.11 Å². The maximum atomic E-state index is 10.7. The lowest BCUT2D eigenvalue weighted by molar-refractivity contribution is -0.432. The van der Waals surface area contributed by atoms with Crippen LogP contribution in [0.15, 0.2) is 86.7 Å². The molecule has 4 aromatic carbocycles. The van der Waals surface area contributed by atoms with Crippen LogP contribution in [0.2, 0.25) is 0 Å². The third-order valence-corrected chi connectivity index (χ3v) is 5.56. The molecule has 0 spiro atoms. The molecular weight excluding hydrogens is 444 g/mol. The Morgan fingerprint density at radius 1 is 0.710 bits per heavy atom. The Morgan fingerprint density at radius 3 is 2.32 bits per heavy atom. The van der Waals surface area contributed by atoms with Crippen molar-refractivity contribution in [2.75, 3.05) is 0 Å². The van der Waals surface area contributed by atoms with Gasteiger partial charge in [-0.2, -0.15) is 0 Å². The Bertz CT molecular complexity index is 1250. The lowest BCUT2D eigenvalue weighted by Crippen LogP contribution is -1.85. The fourth-order valence-corrected chi connectivity index (χ4v) is 3.91. The summed E-state index contributed by atoms with van der Waals surface area (Å²) in [6, 6.07) is 20.2. The van der Waals surface area contributed by atoms with Gasteiger partial charge in [0.2, 0.25) is 0 Å². The average molecular weight is 458 g/mol. The summed E-state index contributed by atoms with van der Waals surface area (Å²) < 4.78 is 8.94. The van der Waals surface area contributed by atoms with Gasteiger partial charge in [0.1, 0.15) is 5.69 Å². The number of aromatic hydroxyl groups is 1. The summed E-state index contributed by atoms with van der Waals surface area (Å²) in [7, 11) is 0. The molecule has 0 aliphatic carbocycles. The number of fused-ring (bicyclic) bond motifs is 2. The van der Waals surface area contributed by atoms with Gasteiger partial charge in [-0.25, -0.2) is 10.5 Å². The summed E-state index contributed by atoms with van der Waals surface area (Å²) >= 11 is 1.39.